The highest BCUT2D eigenvalue weighted by atomic mass is 35.5. The normalized spacial score (nSPS) is 11.7. The summed E-state index contributed by atoms with van der Waals surface area (Å²) in [6, 6.07) is 9.73. The Balaban J connectivity index is 0.00000300. The molecule has 0 radical (unpaired) electrons. The molecule has 0 fully saturated rings. The molecule has 3 N–H and O–H groups in total. The van der Waals surface area contributed by atoms with Crippen LogP contribution in [0.4, 0.5) is 0 Å². The molecule has 8 heteroatoms. The van der Waals surface area contributed by atoms with Gasteiger partial charge in [0.1, 0.15) is 24.0 Å². The van der Waals surface area contributed by atoms with Crippen LogP contribution in [0.25, 0.3) is 11.0 Å². The van der Waals surface area contributed by atoms with Crippen LogP contribution in [-0.4, -0.2) is 55.1 Å². The molecule has 3 rings (SSSR count). The minimum Gasteiger partial charge on any atom is -0.493 e. The van der Waals surface area contributed by atoms with E-state index in [-0.39, 0.29) is 19.0 Å². The van der Waals surface area contributed by atoms with Crippen LogP contribution in [0.15, 0.2) is 36.7 Å². The molecule has 29 heavy (non-hydrogen) atoms. The maximum absolute atomic E-state index is 10.2. The Morgan fingerprint density at radius 1 is 1.10 bits per heavy atom. The molecule has 2 aromatic carbocycles. The number of imidazole rings is 1. The summed E-state index contributed by atoms with van der Waals surface area (Å²) in [4.78, 5) is 7.38. The summed E-state index contributed by atoms with van der Waals surface area (Å²) in [6.07, 6.45) is 1.86. The zero-order chi connectivity index (χ0) is 19.9. The van der Waals surface area contributed by atoms with E-state index in [1.54, 1.807) is 20.5 Å². The van der Waals surface area contributed by atoms with Crippen molar-refractivity contribution in [1.29, 1.82) is 0 Å². The number of halogens is 1. The third-order valence-electron chi connectivity index (χ3n) is 4.59. The number of aromatic nitrogens is 2. The van der Waals surface area contributed by atoms with Gasteiger partial charge in [-0.2, -0.15) is 0 Å². The number of fused-ring (bicyclic) bond motifs is 1. The second-order valence-electron chi connectivity index (χ2n) is 6.62. The molecule has 158 valence electrons. The average molecular weight is 422 g/mol. The van der Waals surface area contributed by atoms with Gasteiger partial charge in [-0.25, -0.2) is 4.98 Å². The number of methoxy groups -OCH3 is 2. The molecular weight excluding hydrogens is 394 g/mol. The summed E-state index contributed by atoms with van der Waals surface area (Å²) in [5, 5.41) is 13.4. The summed E-state index contributed by atoms with van der Waals surface area (Å²) >= 11 is 0. The lowest BCUT2D eigenvalue weighted by molar-refractivity contribution is 0.107. The van der Waals surface area contributed by atoms with Crippen LogP contribution < -0.4 is 19.5 Å². The number of aryl methyl sites for hydroxylation is 1. The number of aliphatic hydroxyl groups is 1. The minimum absolute atomic E-state index is 0. The van der Waals surface area contributed by atoms with Crippen molar-refractivity contribution in [2.45, 2.75) is 19.4 Å². The van der Waals surface area contributed by atoms with Gasteiger partial charge in [0.2, 0.25) is 0 Å². The fraction of sp³-hybridized carbons (Fsp3) is 0.381. The number of hydrogen-bond donors (Lipinski definition) is 3. The van der Waals surface area contributed by atoms with Crippen molar-refractivity contribution in [2.24, 2.45) is 0 Å². The standard InChI is InChI=1S/C21H27N3O4.ClH/c1-14-4-6-18(21-20(14)23-13-24-21)28-12-16(25)11-22-9-8-15-5-7-17(26-2)19(10-15)27-3;/h4-7,10,13,16,22,25H,8-9,11-12H2,1-3H3,(H,23,24);1H. The highest BCUT2D eigenvalue weighted by molar-refractivity contribution is 5.85. The first kappa shape index (κ1) is 22.8. The van der Waals surface area contributed by atoms with Gasteiger partial charge in [-0.1, -0.05) is 12.1 Å². The van der Waals surface area contributed by atoms with Crippen molar-refractivity contribution in [3.63, 3.8) is 0 Å². The van der Waals surface area contributed by atoms with Crippen molar-refractivity contribution >= 4 is 23.4 Å². The first-order chi connectivity index (χ1) is 13.6. The highest BCUT2D eigenvalue weighted by Crippen LogP contribution is 2.27. The van der Waals surface area contributed by atoms with E-state index in [0.29, 0.717) is 18.0 Å². The molecule has 0 bridgehead atoms. The highest BCUT2D eigenvalue weighted by Gasteiger charge is 2.10. The van der Waals surface area contributed by atoms with E-state index < -0.39 is 6.10 Å². The third kappa shape index (κ3) is 5.76. The van der Waals surface area contributed by atoms with Gasteiger partial charge in [0.25, 0.3) is 0 Å². The van der Waals surface area contributed by atoms with Crippen LogP contribution in [0, 0.1) is 6.92 Å². The van der Waals surface area contributed by atoms with E-state index in [9.17, 15) is 5.11 Å². The molecule has 0 saturated heterocycles. The number of H-pyrrole nitrogens is 1. The SMILES string of the molecule is COc1ccc(CCNCC(O)COc2ccc(C)c3nc[nH]c23)cc1OC.Cl. The Morgan fingerprint density at radius 2 is 1.86 bits per heavy atom. The number of benzene rings is 2. The first-order valence-corrected chi connectivity index (χ1v) is 9.27. The Hall–Kier alpha value is -2.48. The Bertz CT molecular complexity index is 916. The van der Waals surface area contributed by atoms with E-state index in [2.05, 4.69) is 15.3 Å². The molecule has 1 unspecified atom stereocenters. The summed E-state index contributed by atoms with van der Waals surface area (Å²) in [5.41, 5.74) is 3.96. The van der Waals surface area contributed by atoms with E-state index >= 15 is 0 Å². The Kier molecular flexibility index (Phi) is 8.57. The first-order valence-electron chi connectivity index (χ1n) is 9.27. The van der Waals surface area contributed by atoms with Crippen LogP contribution in [0.1, 0.15) is 11.1 Å². The van der Waals surface area contributed by atoms with E-state index in [1.807, 2.05) is 37.3 Å². The van der Waals surface area contributed by atoms with Gasteiger partial charge in [-0.15, -0.1) is 12.4 Å². The van der Waals surface area contributed by atoms with Gasteiger partial charge in [0.15, 0.2) is 11.5 Å². The van der Waals surface area contributed by atoms with Gasteiger partial charge in [0.05, 0.1) is 26.1 Å². The van der Waals surface area contributed by atoms with E-state index in [0.717, 1.165) is 40.9 Å². The van der Waals surface area contributed by atoms with Gasteiger partial charge in [-0.05, 0) is 49.2 Å². The van der Waals surface area contributed by atoms with Crippen LogP contribution in [0.5, 0.6) is 17.2 Å². The molecule has 0 saturated carbocycles. The van der Waals surface area contributed by atoms with Gasteiger partial charge < -0.3 is 29.6 Å². The molecule has 0 aliphatic carbocycles. The molecule has 0 aliphatic heterocycles. The molecule has 3 aromatic rings. The minimum atomic E-state index is -0.607. The number of aromatic amines is 1. The van der Waals surface area contributed by atoms with Crippen molar-refractivity contribution in [1.82, 2.24) is 15.3 Å². The fourth-order valence-corrected chi connectivity index (χ4v) is 3.05. The van der Waals surface area contributed by atoms with Crippen LogP contribution in [0.2, 0.25) is 0 Å². The molecule has 0 amide bonds. The Labute approximate surface area is 176 Å². The van der Waals surface area contributed by atoms with E-state index in [4.69, 9.17) is 14.2 Å². The van der Waals surface area contributed by atoms with Crippen molar-refractivity contribution in [2.75, 3.05) is 33.9 Å². The molecule has 1 atom stereocenters. The summed E-state index contributed by atoms with van der Waals surface area (Å²) in [5.74, 6) is 2.13. The zero-order valence-electron chi connectivity index (χ0n) is 16.9. The smallest absolute Gasteiger partial charge is 0.160 e. The summed E-state index contributed by atoms with van der Waals surface area (Å²) in [7, 11) is 3.25. The van der Waals surface area contributed by atoms with Crippen LogP contribution in [0.3, 0.4) is 0 Å². The maximum Gasteiger partial charge on any atom is 0.160 e. The lowest BCUT2D eigenvalue weighted by atomic mass is 10.1. The Morgan fingerprint density at radius 3 is 2.62 bits per heavy atom. The maximum atomic E-state index is 10.2. The quantitative estimate of drug-likeness (QED) is 0.436. The topological polar surface area (TPSA) is 88.6 Å². The largest absolute Gasteiger partial charge is 0.493 e. The lowest BCUT2D eigenvalue weighted by Gasteiger charge is -2.14. The third-order valence-corrected chi connectivity index (χ3v) is 4.59. The van der Waals surface area contributed by atoms with Crippen LogP contribution in [-0.2, 0) is 6.42 Å². The number of nitrogens with zero attached hydrogens (tertiary/aromatic N) is 1. The second kappa shape index (κ2) is 10.9. The van der Waals surface area contributed by atoms with Crippen molar-refractivity contribution in [3.05, 3.63) is 47.8 Å². The summed E-state index contributed by atoms with van der Waals surface area (Å²) in [6.45, 7) is 3.40. The summed E-state index contributed by atoms with van der Waals surface area (Å²) < 4.78 is 16.3. The molecule has 0 spiro atoms. The predicted octanol–water partition coefficient (Wildman–Crippen LogP) is 2.88. The average Bonchev–Trinajstić information content (AvgIpc) is 3.21. The fourth-order valence-electron chi connectivity index (χ4n) is 3.05. The van der Waals surface area contributed by atoms with Crippen molar-refractivity contribution < 1.29 is 19.3 Å². The van der Waals surface area contributed by atoms with Crippen LogP contribution >= 0.6 is 12.4 Å². The number of hydrogen-bond acceptors (Lipinski definition) is 6. The van der Waals surface area contributed by atoms with Gasteiger partial charge >= 0.3 is 0 Å². The lowest BCUT2D eigenvalue weighted by Crippen LogP contribution is -2.32. The predicted molar refractivity (Wildman–Crippen MR) is 116 cm³/mol. The molecular formula is C21H28ClN3O4. The number of ether oxygens (including phenoxy) is 3. The number of rotatable bonds is 10. The molecule has 1 aromatic heterocycles. The molecule has 0 aliphatic rings. The molecule has 1 heterocycles. The van der Waals surface area contributed by atoms with Gasteiger partial charge in [0, 0.05) is 6.54 Å². The number of aliphatic hydroxyl groups excluding tert-OH is 1. The van der Waals surface area contributed by atoms with Crippen molar-refractivity contribution in [3.8, 4) is 17.2 Å². The van der Waals surface area contributed by atoms with E-state index in [1.165, 1.54) is 0 Å². The van der Waals surface area contributed by atoms with Gasteiger partial charge in [-0.3, -0.25) is 0 Å². The molecule has 7 nitrogen and oxygen atoms in total. The second-order valence-corrected chi connectivity index (χ2v) is 6.62. The number of nitrogens with one attached hydrogen (secondary N) is 2. The zero-order valence-corrected chi connectivity index (χ0v) is 17.7. The monoisotopic (exact) mass is 421 g/mol.